The molecule has 0 bridgehead atoms. The summed E-state index contributed by atoms with van der Waals surface area (Å²) in [5.41, 5.74) is 3.98. The van der Waals surface area contributed by atoms with Crippen molar-refractivity contribution < 1.29 is 9.18 Å². The van der Waals surface area contributed by atoms with Crippen molar-refractivity contribution in [3.8, 4) is 0 Å². The van der Waals surface area contributed by atoms with Crippen LogP contribution in [-0.2, 0) is 4.79 Å². The number of nitrogens with one attached hydrogen (secondary N) is 1. The first-order valence-electron chi connectivity index (χ1n) is 9.37. The van der Waals surface area contributed by atoms with Gasteiger partial charge in [0.15, 0.2) is 0 Å². The zero-order valence-electron chi connectivity index (χ0n) is 14.9. The number of rotatable bonds is 3. The average molecular weight is 361 g/mol. The smallest absolute Gasteiger partial charge is 0.226 e. The van der Waals surface area contributed by atoms with Crippen molar-refractivity contribution in [3.05, 3.63) is 71.8 Å². The van der Waals surface area contributed by atoms with Crippen molar-refractivity contribution in [2.75, 3.05) is 13.1 Å². The highest BCUT2D eigenvalue weighted by molar-refractivity contribution is 5.91. The summed E-state index contributed by atoms with van der Waals surface area (Å²) in [6, 6.07) is 10.8. The molecule has 5 rings (SSSR count). The van der Waals surface area contributed by atoms with Gasteiger partial charge in [-0.25, -0.2) is 9.37 Å². The lowest BCUT2D eigenvalue weighted by Gasteiger charge is -2.27. The van der Waals surface area contributed by atoms with Crippen molar-refractivity contribution in [3.63, 3.8) is 0 Å². The van der Waals surface area contributed by atoms with Crippen LogP contribution in [0.15, 0.2) is 54.9 Å². The third-order valence-electron chi connectivity index (χ3n) is 5.73. The lowest BCUT2D eigenvalue weighted by atomic mass is 9.99. The van der Waals surface area contributed by atoms with Gasteiger partial charge in [0.05, 0.1) is 0 Å². The van der Waals surface area contributed by atoms with Crippen molar-refractivity contribution in [1.82, 2.24) is 14.9 Å². The number of H-pyrrole nitrogens is 1. The molecule has 2 atom stereocenters. The van der Waals surface area contributed by atoms with Crippen LogP contribution in [0.2, 0.25) is 0 Å². The SMILES string of the molecule is O=C(C1CC1c1ccccc1F)N1CC=C(c2c[nH]c3ncccc23)CC1. The number of hydrogen-bond donors (Lipinski definition) is 1. The fourth-order valence-electron chi connectivity index (χ4n) is 4.16. The molecule has 1 saturated carbocycles. The lowest BCUT2D eigenvalue weighted by Crippen LogP contribution is -2.36. The summed E-state index contributed by atoms with van der Waals surface area (Å²) in [5, 5.41) is 1.12. The summed E-state index contributed by atoms with van der Waals surface area (Å²) in [6.07, 6.45) is 7.49. The molecule has 2 unspecified atom stereocenters. The van der Waals surface area contributed by atoms with E-state index in [1.807, 2.05) is 23.2 Å². The number of aromatic nitrogens is 2. The van der Waals surface area contributed by atoms with Crippen molar-refractivity contribution in [2.45, 2.75) is 18.8 Å². The normalized spacial score (nSPS) is 22.0. The Bertz CT molecular complexity index is 1050. The minimum atomic E-state index is -0.202. The van der Waals surface area contributed by atoms with E-state index >= 15 is 0 Å². The lowest BCUT2D eigenvalue weighted by molar-refractivity contribution is -0.132. The van der Waals surface area contributed by atoms with Gasteiger partial charge in [-0.05, 0) is 48.1 Å². The van der Waals surface area contributed by atoms with Gasteiger partial charge in [-0.2, -0.15) is 0 Å². The maximum absolute atomic E-state index is 14.0. The first kappa shape index (κ1) is 16.2. The van der Waals surface area contributed by atoms with E-state index in [1.165, 1.54) is 17.2 Å². The number of amides is 1. The molecule has 1 aliphatic heterocycles. The van der Waals surface area contributed by atoms with Gasteiger partial charge in [-0.3, -0.25) is 4.79 Å². The second kappa shape index (κ2) is 6.34. The highest BCUT2D eigenvalue weighted by atomic mass is 19.1. The van der Waals surface area contributed by atoms with E-state index in [0.29, 0.717) is 18.7 Å². The molecule has 3 heterocycles. The second-order valence-corrected chi connectivity index (χ2v) is 7.34. The molecule has 3 aromatic rings. The van der Waals surface area contributed by atoms with E-state index in [4.69, 9.17) is 0 Å². The van der Waals surface area contributed by atoms with Crippen LogP contribution in [0, 0.1) is 11.7 Å². The Morgan fingerprint density at radius 1 is 1.22 bits per heavy atom. The zero-order chi connectivity index (χ0) is 18.4. The number of benzene rings is 1. The molecule has 1 aliphatic carbocycles. The predicted molar refractivity (Wildman–Crippen MR) is 103 cm³/mol. The highest BCUT2D eigenvalue weighted by Crippen LogP contribution is 2.49. The molecule has 1 amide bonds. The molecule has 1 aromatic carbocycles. The Morgan fingerprint density at radius 2 is 2.11 bits per heavy atom. The number of fused-ring (bicyclic) bond motifs is 1. The number of halogens is 1. The molecule has 27 heavy (non-hydrogen) atoms. The third kappa shape index (κ3) is 2.83. The predicted octanol–water partition coefficient (Wildman–Crippen LogP) is 4.12. The Morgan fingerprint density at radius 3 is 2.93 bits per heavy atom. The van der Waals surface area contributed by atoms with Crippen LogP contribution in [0.1, 0.15) is 29.9 Å². The van der Waals surface area contributed by atoms with Gasteiger partial charge < -0.3 is 9.88 Å². The Labute approximate surface area is 156 Å². The molecule has 0 spiro atoms. The quantitative estimate of drug-likeness (QED) is 0.763. The van der Waals surface area contributed by atoms with Gasteiger partial charge in [0.2, 0.25) is 5.91 Å². The Hall–Kier alpha value is -2.95. The van der Waals surface area contributed by atoms with Crippen LogP contribution >= 0.6 is 0 Å². The minimum Gasteiger partial charge on any atom is -0.346 e. The number of pyridine rings is 1. The molecule has 0 saturated heterocycles. The Kier molecular flexibility index (Phi) is 3.81. The van der Waals surface area contributed by atoms with Gasteiger partial charge in [-0.1, -0.05) is 24.3 Å². The standard InChI is InChI=1S/C22H20FN3O/c23-20-6-2-1-4-15(20)17-12-18(17)22(27)26-10-7-14(8-11-26)19-13-25-21-16(19)5-3-9-24-21/h1-7,9,13,17-18H,8,10-12H2,(H,24,25). The van der Waals surface area contributed by atoms with Gasteiger partial charge in [0, 0.05) is 42.4 Å². The van der Waals surface area contributed by atoms with Gasteiger partial charge >= 0.3 is 0 Å². The van der Waals surface area contributed by atoms with Crippen LogP contribution in [0.4, 0.5) is 4.39 Å². The van der Waals surface area contributed by atoms with Gasteiger partial charge in [0.25, 0.3) is 0 Å². The maximum Gasteiger partial charge on any atom is 0.226 e. The van der Waals surface area contributed by atoms with Gasteiger partial charge in [0.1, 0.15) is 11.5 Å². The number of carbonyl (C=O) groups excluding carboxylic acids is 1. The molecule has 1 fully saturated rings. The molecule has 2 aromatic heterocycles. The molecular weight excluding hydrogens is 341 g/mol. The highest BCUT2D eigenvalue weighted by Gasteiger charge is 2.46. The first-order chi connectivity index (χ1) is 13.2. The molecule has 1 N–H and O–H groups in total. The third-order valence-corrected chi connectivity index (χ3v) is 5.73. The summed E-state index contributed by atoms with van der Waals surface area (Å²) in [4.78, 5) is 22.3. The van der Waals surface area contributed by atoms with Crippen molar-refractivity contribution in [2.24, 2.45) is 5.92 Å². The first-order valence-corrected chi connectivity index (χ1v) is 9.37. The fourth-order valence-corrected chi connectivity index (χ4v) is 4.16. The summed E-state index contributed by atoms with van der Waals surface area (Å²) in [7, 11) is 0. The van der Waals surface area contributed by atoms with Crippen LogP contribution < -0.4 is 0 Å². The van der Waals surface area contributed by atoms with Crippen LogP contribution in [-0.4, -0.2) is 33.9 Å². The summed E-state index contributed by atoms with van der Waals surface area (Å²) in [6.45, 7) is 1.32. The maximum atomic E-state index is 14.0. The molecule has 5 heteroatoms. The van der Waals surface area contributed by atoms with Crippen LogP contribution in [0.3, 0.4) is 0 Å². The molecule has 2 aliphatic rings. The average Bonchev–Trinajstić information content (AvgIpc) is 3.38. The van der Waals surface area contributed by atoms with Crippen molar-refractivity contribution >= 4 is 22.5 Å². The number of hydrogen-bond acceptors (Lipinski definition) is 2. The topological polar surface area (TPSA) is 49.0 Å². The molecular formula is C22H20FN3O. The van der Waals surface area contributed by atoms with E-state index in [1.54, 1.807) is 18.3 Å². The van der Waals surface area contributed by atoms with Gasteiger partial charge in [-0.15, -0.1) is 0 Å². The molecule has 136 valence electrons. The zero-order valence-corrected chi connectivity index (χ0v) is 14.9. The van der Waals surface area contributed by atoms with Crippen LogP contribution in [0.5, 0.6) is 0 Å². The summed E-state index contributed by atoms with van der Waals surface area (Å²) >= 11 is 0. The fraction of sp³-hybridized carbons (Fsp3) is 0.273. The summed E-state index contributed by atoms with van der Waals surface area (Å²) in [5.74, 6) is -0.0939. The van der Waals surface area contributed by atoms with E-state index in [2.05, 4.69) is 22.1 Å². The molecule has 0 radical (unpaired) electrons. The van der Waals surface area contributed by atoms with E-state index < -0.39 is 0 Å². The monoisotopic (exact) mass is 361 g/mol. The van der Waals surface area contributed by atoms with Crippen LogP contribution in [0.25, 0.3) is 16.6 Å². The number of nitrogens with zero attached hydrogens (tertiary/aromatic N) is 2. The van der Waals surface area contributed by atoms with E-state index in [9.17, 15) is 9.18 Å². The minimum absolute atomic E-state index is 0.0313. The van der Waals surface area contributed by atoms with E-state index in [-0.39, 0.29) is 23.6 Å². The molecule has 4 nitrogen and oxygen atoms in total. The number of carbonyl (C=O) groups is 1. The summed E-state index contributed by atoms with van der Waals surface area (Å²) < 4.78 is 14.0. The largest absolute Gasteiger partial charge is 0.346 e. The second-order valence-electron chi connectivity index (χ2n) is 7.34. The Balaban J connectivity index is 1.29. The van der Waals surface area contributed by atoms with Crippen molar-refractivity contribution in [1.29, 1.82) is 0 Å². The van der Waals surface area contributed by atoms with E-state index in [0.717, 1.165) is 23.9 Å². The number of aromatic amines is 1.